The van der Waals surface area contributed by atoms with Gasteiger partial charge in [0, 0.05) is 45.2 Å². The molecular weight excluding hydrogens is 1800 g/mol. The maximum atomic E-state index is 13.6. The largest absolute Gasteiger partial charge is 0.502 e. The summed E-state index contributed by atoms with van der Waals surface area (Å²) in [6.45, 7) is 20.5. The lowest BCUT2D eigenvalue weighted by Gasteiger charge is -2.40. The van der Waals surface area contributed by atoms with E-state index in [0.717, 1.165) is 39.8 Å². The van der Waals surface area contributed by atoms with Gasteiger partial charge in [-0.1, -0.05) is 130 Å². The first-order chi connectivity index (χ1) is 53.3. The molecular formula is C70H63F38NO6S4. The van der Waals surface area contributed by atoms with E-state index in [2.05, 4.69) is 0 Å². The van der Waals surface area contributed by atoms with Crippen LogP contribution < -0.4 is 0 Å². The zero-order valence-electron chi connectivity index (χ0n) is 63.2. The molecule has 674 valence electrons. The number of sulfone groups is 2. The Kier molecular flexibility index (Phi) is 36.4. The molecule has 49 heteroatoms. The molecule has 0 aromatic heterocycles. The number of nitro benzene ring substituents is 1. The Morgan fingerprint density at radius 3 is 0.824 bits per heavy atom. The number of thioether (sulfide) groups is 1. The molecule has 0 radical (unpaired) electrons. The summed E-state index contributed by atoms with van der Waals surface area (Å²) >= 11 is -1.23. The summed E-state index contributed by atoms with van der Waals surface area (Å²) in [5.41, 5.74) is -18.5. The zero-order valence-corrected chi connectivity index (χ0v) is 66.5. The molecule has 7 nitrogen and oxygen atoms in total. The molecule has 0 aliphatic carbocycles. The lowest BCUT2D eigenvalue weighted by atomic mass is 9.97. The Hall–Kier alpha value is -8.12. The topological polar surface area (TPSA) is 111 Å². The lowest BCUT2D eigenvalue weighted by Crippen LogP contribution is -2.27. The van der Waals surface area contributed by atoms with E-state index in [-0.39, 0.29) is 12.3 Å². The summed E-state index contributed by atoms with van der Waals surface area (Å²) in [6, 6.07) is 2.03. The van der Waals surface area contributed by atoms with Crippen molar-refractivity contribution in [3.05, 3.63) is 224 Å². The summed E-state index contributed by atoms with van der Waals surface area (Å²) in [4.78, 5) is -1.04. The fraction of sp³-hybridized carbons (Fsp3) is 0.400. The molecule has 7 aromatic rings. The summed E-state index contributed by atoms with van der Waals surface area (Å²) in [5, 5.41) is 10.2. The van der Waals surface area contributed by atoms with Crippen molar-refractivity contribution in [1.29, 1.82) is 0 Å². The second-order valence-electron chi connectivity index (χ2n) is 26.6. The third kappa shape index (κ3) is 25.5. The molecule has 0 fully saturated rings. The highest BCUT2D eigenvalue weighted by molar-refractivity contribution is 8.45. The van der Waals surface area contributed by atoms with Gasteiger partial charge >= 0.3 is 26.9 Å². The number of unbranched alkanes of at least 4 members (excludes halogenated alkanes) is 1. The molecule has 0 aliphatic rings. The van der Waals surface area contributed by atoms with Gasteiger partial charge in [-0.2, -0.15) is 35.1 Å². The first-order valence-corrected chi connectivity index (χ1v) is 38.9. The Labute approximate surface area is 656 Å². The van der Waals surface area contributed by atoms with E-state index in [1.807, 2.05) is 6.92 Å². The summed E-state index contributed by atoms with van der Waals surface area (Å²) in [6.07, 6.45) is 1.69. The van der Waals surface area contributed by atoms with Gasteiger partial charge in [0.25, 0.3) is 9.84 Å². The van der Waals surface area contributed by atoms with Gasteiger partial charge in [0.05, 0.1) is 9.82 Å². The summed E-state index contributed by atoms with van der Waals surface area (Å²) in [7, 11) is -21.8. The van der Waals surface area contributed by atoms with Crippen LogP contribution in [0.25, 0.3) is 0 Å². The molecule has 0 heterocycles. The van der Waals surface area contributed by atoms with Crippen molar-refractivity contribution in [2.24, 2.45) is 0 Å². The van der Waals surface area contributed by atoms with Crippen LogP contribution in [0.4, 0.5) is 170 Å². The number of alkyl halides is 6. The zero-order chi connectivity index (χ0) is 94.4. The van der Waals surface area contributed by atoms with E-state index < -0.39 is 314 Å². The van der Waals surface area contributed by atoms with Crippen LogP contribution in [0.5, 0.6) is 0 Å². The molecule has 0 amide bonds. The highest BCUT2D eigenvalue weighted by Crippen LogP contribution is 3.02. The fourth-order valence-corrected chi connectivity index (χ4v) is 12.9. The van der Waals surface area contributed by atoms with Crippen LogP contribution in [0.1, 0.15) is 203 Å². The molecule has 0 atom stereocenters. The minimum absolute atomic E-state index is 0.00500. The van der Waals surface area contributed by atoms with Crippen LogP contribution in [0.15, 0.2) is 31.7 Å². The van der Waals surface area contributed by atoms with Gasteiger partial charge < -0.3 is 0 Å². The molecule has 0 saturated heterocycles. The van der Waals surface area contributed by atoms with Gasteiger partial charge in [-0.3, -0.25) is 10.1 Å². The lowest BCUT2D eigenvalue weighted by molar-refractivity contribution is -0.390. The SMILES string of the molecule is CC(C)c1c(F)c(F)c(S(=O)(=O)C(F)(F)F)c(F)c1F.CC(C)c1c(F)c(F)c(S(C)(=O)=O)c(F)c1F.CC(C)c1c(F)c(F)c(S(F)(F)(F)(F)F)c(F)c1F.CC(C)c1c(F)c(F)c(SC(F)(F)F)c(F)c1F.CC(C)c1c(F)c(F)c([N+](=O)[O-])c(F)c1F.CC(C)c1cc(F)c(F)c(F)c1.CCCCc1c(F)c(F)c(C(C)C)c(F)c1F. The third-order valence-electron chi connectivity index (χ3n) is 15.3. The normalized spacial score (nSPS) is 12.6. The minimum atomic E-state index is -10.9. The molecule has 0 bridgehead atoms. The first kappa shape index (κ1) is 109. The van der Waals surface area contributed by atoms with Crippen molar-refractivity contribution in [1.82, 2.24) is 0 Å². The van der Waals surface area contributed by atoms with Gasteiger partial charge in [0.15, 0.2) is 165 Å². The molecule has 7 rings (SSSR count). The van der Waals surface area contributed by atoms with Crippen molar-refractivity contribution < 1.29 is 186 Å². The van der Waals surface area contributed by atoms with Gasteiger partial charge in [-0.15, -0.1) is 0 Å². The van der Waals surface area contributed by atoms with Crippen LogP contribution in [-0.4, -0.2) is 39.0 Å². The highest BCUT2D eigenvalue weighted by Gasteiger charge is 2.70. The number of benzene rings is 7. The van der Waals surface area contributed by atoms with Gasteiger partial charge in [-0.05, 0) is 83.7 Å². The second-order valence-corrected chi connectivity index (χ2v) is 33.9. The standard InChI is InChI=1S/C13H16F4.C10H7F7O2S.C10H7F7S.C10H10F4O2S.C9H7F9S.C9H7F4NO2.C9H9F3/c1-4-5-6-8-10(14)12(16)9(7(2)3)13(17)11(8)15;1-3(2)4-5(11)7(13)9(8(14)6(4)12)20(18,19)10(15,16)17;1-3(2)4-5(11)7(13)9(8(14)6(4)12)18-10(15,16)17;1-4(2)5-6(11)8(13)10(17(3,15)16)9(14)7(5)12;1-3(2)4-5(10)7(12)9(8(13)6(4)11)19(14,15,16,17)18;1-3(2)4-5(10)7(12)9(14(15)16)8(13)6(4)11;1-5(2)6-3-7(10)9(12)8(11)4-6/h7H,4-6H2,1-3H3;3H,1-2H3;3H,1-2H3;4H,1-3H3;3H,1-2H3;3H,1-2H3;3-5H,1-2H3. The maximum absolute atomic E-state index is 13.6. The monoisotopic (exact) mass is 1860 g/mol. The highest BCUT2D eigenvalue weighted by atomic mass is 32.5. The molecule has 0 saturated carbocycles. The second kappa shape index (κ2) is 39.8. The maximum Gasteiger partial charge on any atom is 0.502 e. The average Bonchev–Trinajstić information content (AvgIpc) is 0.698. The molecule has 0 spiro atoms. The van der Waals surface area contributed by atoms with E-state index in [4.69, 9.17) is 0 Å². The molecule has 0 aliphatic heterocycles. The number of hydrogen-bond donors (Lipinski definition) is 0. The van der Waals surface area contributed by atoms with Gasteiger partial charge in [0.1, 0.15) is 4.90 Å². The quantitative estimate of drug-likeness (QED) is 0.0251. The third-order valence-corrected chi connectivity index (χ3v) is 19.9. The summed E-state index contributed by atoms with van der Waals surface area (Å²) < 4.78 is 537. The van der Waals surface area contributed by atoms with E-state index in [1.165, 1.54) is 55.4 Å². The Bertz CT molecular complexity index is 4970. The minimum Gasteiger partial charge on any atom is -0.258 e. The van der Waals surface area contributed by atoms with E-state index in [9.17, 15) is 191 Å². The molecule has 0 N–H and O–H groups in total. The number of halogens is 38. The van der Waals surface area contributed by atoms with Crippen molar-refractivity contribution in [3.8, 4) is 0 Å². The van der Waals surface area contributed by atoms with Crippen LogP contribution in [0, 0.1) is 167 Å². The number of hydrogen-bond acceptors (Lipinski definition) is 7. The predicted octanol–water partition coefficient (Wildman–Crippen LogP) is 28.6. The van der Waals surface area contributed by atoms with E-state index in [0.29, 0.717) is 24.7 Å². The van der Waals surface area contributed by atoms with Crippen LogP contribution in [0.3, 0.4) is 0 Å². The Balaban J connectivity index is 0.000000697. The van der Waals surface area contributed by atoms with E-state index in [1.54, 1.807) is 13.8 Å². The van der Waals surface area contributed by atoms with Crippen LogP contribution >= 0.6 is 22.0 Å². The average molecular weight is 1860 g/mol. The van der Waals surface area contributed by atoms with Gasteiger partial charge in [0.2, 0.25) is 11.6 Å². The summed E-state index contributed by atoms with van der Waals surface area (Å²) in [5.74, 6) is -57.1. The van der Waals surface area contributed by atoms with Crippen molar-refractivity contribution in [2.75, 3.05) is 6.26 Å². The number of nitro groups is 1. The number of nitrogens with zero attached hydrogens (tertiary/aromatic N) is 1. The van der Waals surface area contributed by atoms with Crippen molar-refractivity contribution in [2.45, 2.75) is 195 Å². The molecule has 119 heavy (non-hydrogen) atoms. The van der Waals surface area contributed by atoms with E-state index >= 15 is 0 Å². The Morgan fingerprint density at radius 1 is 0.361 bits per heavy atom. The molecule has 0 unspecified atom stereocenters. The molecule has 7 aromatic carbocycles. The van der Waals surface area contributed by atoms with Gasteiger partial charge in [-0.25, -0.2) is 127 Å². The fourth-order valence-electron chi connectivity index (χ4n) is 9.75. The van der Waals surface area contributed by atoms with Crippen molar-refractivity contribution >= 4 is 47.3 Å². The predicted molar refractivity (Wildman–Crippen MR) is 358 cm³/mol. The first-order valence-electron chi connectivity index (χ1n) is 32.7. The smallest absolute Gasteiger partial charge is 0.258 e. The Morgan fingerprint density at radius 2 is 0.605 bits per heavy atom. The van der Waals surface area contributed by atoms with Crippen LogP contribution in [0.2, 0.25) is 0 Å². The van der Waals surface area contributed by atoms with Crippen molar-refractivity contribution in [3.63, 3.8) is 0 Å². The van der Waals surface area contributed by atoms with Crippen LogP contribution in [-0.2, 0) is 26.1 Å². The number of rotatable bonds is 15.